The topological polar surface area (TPSA) is 125 Å². The molecular weight excluding hydrogens is 501 g/mol. The first-order chi connectivity index (χ1) is 18.1. The highest BCUT2D eigenvalue weighted by Crippen LogP contribution is 2.30. The van der Waals surface area contributed by atoms with Crippen molar-refractivity contribution >= 4 is 23.6 Å². The van der Waals surface area contributed by atoms with E-state index in [9.17, 15) is 18.0 Å². The molecule has 3 N–H and O–H groups in total. The average Bonchev–Trinajstić information content (AvgIpc) is 2.86. The van der Waals surface area contributed by atoms with Gasteiger partial charge >= 0.3 is 6.36 Å². The predicted octanol–water partition coefficient (Wildman–Crippen LogP) is 5.42. The van der Waals surface area contributed by atoms with Gasteiger partial charge in [-0.3, -0.25) is 14.8 Å². The number of carbonyl (C=O) groups is 1. The molecule has 4 rings (SSSR count). The molecule has 0 aliphatic rings. The second-order valence-corrected chi connectivity index (χ2v) is 7.88. The summed E-state index contributed by atoms with van der Waals surface area (Å²) in [5.41, 5.74) is 8.12. The number of halogens is 3. The molecule has 1 amide bonds. The van der Waals surface area contributed by atoms with Gasteiger partial charge in [0, 0.05) is 48.5 Å². The number of pyridine rings is 1. The van der Waals surface area contributed by atoms with Crippen LogP contribution in [-0.4, -0.2) is 40.5 Å². The molecule has 2 aromatic heterocycles. The van der Waals surface area contributed by atoms with E-state index in [4.69, 9.17) is 10.5 Å². The number of ether oxygens (including phenoxy) is 2. The third-order valence-electron chi connectivity index (χ3n) is 5.13. The summed E-state index contributed by atoms with van der Waals surface area (Å²) < 4.78 is 47.6. The molecule has 2 aromatic carbocycles. The summed E-state index contributed by atoms with van der Waals surface area (Å²) >= 11 is 0. The van der Waals surface area contributed by atoms with E-state index in [2.05, 4.69) is 30.0 Å². The van der Waals surface area contributed by atoms with Crippen molar-refractivity contribution in [2.45, 2.75) is 13.3 Å². The van der Waals surface area contributed by atoms with Crippen molar-refractivity contribution < 1.29 is 27.4 Å². The first-order valence-electron chi connectivity index (χ1n) is 11.1. The van der Waals surface area contributed by atoms with Crippen LogP contribution in [-0.2, 0) is 0 Å². The lowest BCUT2D eigenvalue weighted by atomic mass is 10.1. The lowest BCUT2D eigenvalue weighted by Crippen LogP contribution is -2.17. The number of amides is 1. The van der Waals surface area contributed by atoms with Gasteiger partial charge in [-0.05, 0) is 48.9 Å². The van der Waals surface area contributed by atoms with Gasteiger partial charge in [-0.25, -0.2) is 4.98 Å². The van der Waals surface area contributed by atoms with Crippen molar-refractivity contribution in [2.75, 3.05) is 18.1 Å². The molecule has 12 heteroatoms. The van der Waals surface area contributed by atoms with Gasteiger partial charge in [0.2, 0.25) is 5.88 Å². The molecule has 0 aliphatic heterocycles. The molecule has 0 radical (unpaired) electrons. The number of alkyl halides is 3. The summed E-state index contributed by atoms with van der Waals surface area (Å²) in [7, 11) is 1.56. The number of hydrogen-bond donors (Lipinski definition) is 2. The molecule has 0 unspecified atom stereocenters. The monoisotopic (exact) mass is 522 g/mol. The van der Waals surface area contributed by atoms with Gasteiger partial charge in [0.1, 0.15) is 17.3 Å². The maximum absolute atomic E-state index is 13.0. The Bertz CT molecular complexity index is 1490. The third-order valence-corrected chi connectivity index (χ3v) is 5.13. The van der Waals surface area contributed by atoms with Crippen molar-refractivity contribution in [3.05, 3.63) is 83.7 Å². The maximum atomic E-state index is 13.0. The standard InChI is InChI=1S/C26H21F3N6O3/c1-15-6-7-18(13-20(15)24(36)33-17-4-3-5-19(12-17)38-26(27,28)29)37-25-21(14-31-2)22(30)34-23(35-25)16-8-10-32-11-9-16/h3-14H,1-2H3,(H,33,36)(H2,30,34,35). The Morgan fingerprint density at radius 2 is 1.82 bits per heavy atom. The van der Waals surface area contributed by atoms with E-state index in [0.29, 0.717) is 22.5 Å². The number of anilines is 2. The Hall–Kier alpha value is -5.00. The minimum absolute atomic E-state index is 0.113. The largest absolute Gasteiger partial charge is 0.573 e. The molecule has 0 spiro atoms. The minimum Gasteiger partial charge on any atom is -0.438 e. The van der Waals surface area contributed by atoms with E-state index in [0.717, 1.165) is 12.1 Å². The quantitative estimate of drug-likeness (QED) is 0.311. The summed E-state index contributed by atoms with van der Waals surface area (Å²) in [6, 6.07) is 13.2. The number of aromatic nitrogens is 3. The van der Waals surface area contributed by atoms with E-state index in [-0.39, 0.29) is 28.7 Å². The molecular formula is C26H21F3N6O3. The van der Waals surface area contributed by atoms with Crippen LogP contribution < -0.4 is 20.5 Å². The number of nitrogens with one attached hydrogen (secondary N) is 1. The Labute approximate surface area is 215 Å². The molecule has 2 heterocycles. The highest BCUT2D eigenvalue weighted by Gasteiger charge is 2.31. The van der Waals surface area contributed by atoms with Crippen LogP contribution in [0.3, 0.4) is 0 Å². The number of nitrogens with zero attached hydrogens (tertiary/aromatic N) is 4. The second-order valence-electron chi connectivity index (χ2n) is 7.88. The summed E-state index contributed by atoms with van der Waals surface area (Å²) in [6.07, 6.45) is -0.216. The number of carbonyl (C=O) groups excluding carboxylic acids is 1. The van der Waals surface area contributed by atoms with Gasteiger partial charge in [-0.15, -0.1) is 13.2 Å². The smallest absolute Gasteiger partial charge is 0.438 e. The average molecular weight is 522 g/mol. The molecule has 0 aliphatic carbocycles. The zero-order valence-corrected chi connectivity index (χ0v) is 20.2. The summed E-state index contributed by atoms with van der Waals surface area (Å²) in [4.78, 5) is 29.8. The van der Waals surface area contributed by atoms with Crippen molar-refractivity contribution in [3.63, 3.8) is 0 Å². The van der Waals surface area contributed by atoms with Gasteiger partial charge in [-0.2, -0.15) is 4.98 Å². The molecule has 0 bridgehead atoms. The Morgan fingerprint density at radius 3 is 2.53 bits per heavy atom. The molecule has 0 saturated heterocycles. The molecule has 0 fully saturated rings. The number of hydrogen-bond acceptors (Lipinski definition) is 8. The fourth-order valence-corrected chi connectivity index (χ4v) is 3.41. The van der Waals surface area contributed by atoms with Crippen LogP contribution in [0.2, 0.25) is 0 Å². The lowest BCUT2D eigenvalue weighted by Gasteiger charge is -2.14. The van der Waals surface area contributed by atoms with Crippen LogP contribution in [0, 0.1) is 6.92 Å². The van der Waals surface area contributed by atoms with Gasteiger partial charge in [0.25, 0.3) is 5.91 Å². The zero-order valence-electron chi connectivity index (χ0n) is 20.2. The fraction of sp³-hybridized carbons (Fsp3) is 0.115. The number of nitrogen functional groups attached to an aromatic ring is 1. The van der Waals surface area contributed by atoms with Crippen LogP contribution >= 0.6 is 0 Å². The number of aliphatic imine (C=N–C) groups is 1. The summed E-state index contributed by atoms with van der Waals surface area (Å²) in [6.45, 7) is 1.71. The van der Waals surface area contributed by atoms with E-state index in [1.165, 1.54) is 24.4 Å². The number of aryl methyl sites for hydroxylation is 1. The molecule has 9 nitrogen and oxygen atoms in total. The van der Waals surface area contributed by atoms with Gasteiger partial charge < -0.3 is 20.5 Å². The van der Waals surface area contributed by atoms with Crippen molar-refractivity contribution in [1.82, 2.24) is 15.0 Å². The highest BCUT2D eigenvalue weighted by molar-refractivity contribution is 6.05. The van der Waals surface area contributed by atoms with Gasteiger partial charge in [-0.1, -0.05) is 12.1 Å². The molecule has 4 aromatic rings. The van der Waals surface area contributed by atoms with Crippen LogP contribution in [0.4, 0.5) is 24.7 Å². The van der Waals surface area contributed by atoms with Gasteiger partial charge in [0.05, 0.1) is 5.56 Å². The fourth-order valence-electron chi connectivity index (χ4n) is 3.41. The molecule has 194 valence electrons. The molecule has 0 atom stereocenters. The second kappa shape index (κ2) is 10.9. The van der Waals surface area contributed by atoms with E-state index < -0.39 is 18.0 Å². The van der Waals surface area contributed by atoms with Crippen LogP contribution in [0.5, 0.6) is 17.4 Å². The van der Waals surface area contributed by atoms with E-state index in [1.807, 2.05) is 0 Å². The van der Waals surface area contributed by atoms with Crippen molar-refractivity contribution in [3.8, 4) is 28.8 Å². The lowest BCUT2D eigenvalue weighted by molar-refractivity contribution is -0.274. The SMILES string of the molecule is CN=Cc1c(N)nc(-c2ccncc2)nc1Oc1ccc(C)c(C(=O)Nc2cccc(OC(F)(F)F)c2)c1. The normalized spacial score (nSPS) is 11.4. The zero-order chi connectivity index (χ0) is 27.3. The first-order valence-corrected chi connectivity index (χ1v) is 11.1. The summed E-state index contributed by atoms with van der Waals surface area (Å²) in [5, 5.41) is 2.57. The van der Waals surface area contributed by atoms with Crippen molar-refractivity contribution in [2.24, 2.45) is 4.99 Å². The summed E-state index contributed by atoms with van der Waals surface area (Å²) in [5.74, 6) is -0.202. The number of benzene rings is 2. The van der Waals surface area contributed by atoms with Crippen LogP contribution in [0.15, 0.2) is 72.0 Å². The maximum Gasteiger partial charge on any atom is 0.573 e. The van der Waals surface area contributed by atoms with E-state index in [1.54, 1.807) is 50.6 Å². The predicted molar refractivity (Wildman–Crippen MR) is 136 cm³/mol. The Morgan fingerprint density at radius 1 is 1.05 bits per heavy atom. The highest BCUT2D eigenvalue weighted by atomic mass is 19.4. The Balaban J connectivity index is 1.63. The van der Waals surface area contributed by atoms with E-state index >= 15 is 0 Å². The first kappa shape index (κ1) is 26.1. The minimum atomic E-state index is -4.85. The van der Waals surface area contributed by atoms with Crippen molar-refractivity contribution in [1.29, 1.82) is 0 Å². The number of nitrogens with two attached hydrogens (primary N) is 1. The van der Waals surface area contributed by atoms with Crippen LogP contribution in [0.1, 0.15) is 21.5 Å². The Kier molecular flexibility index (Phi) is 7.51. The third kappa shape index (κ3) is 6.40. The molecule has 38 heavy (non-hydrogen) atoms. The number of rotatable bonds is 7. The molecule has 0 saturated carbocycles. The van der Waals surface area contributed by atoms with Crippen LogP contribution in [0.25, 0.3) is 11.4 Å². The van der Waals surface area contributed by atoms with Gasteiger partial charge in [0.15, 0.2) is 5.82 Å².